The third kappa shape index (κ3) is 2.63. The smallest absolute Gasteiger partial charge is 0.259 e. The minimum Gasteiger partial charge on any atom is -0.322 e. The lowest BCUT2D eigenvalue weighted by Crippen LogP contribution is -2.16. The van der Waals surface area contributed by atoms with Gasteiger partial charge in [-0.2, -0.15) is 4.68 Å². The monoisotopic (exact) mass is 325 g/mol. The molecule has 7 heteroatoms. The molecule has 0 bridgehead atoms. The lowest BCUT2D eigenvalue weighted by Gasteiger charge is -2.13. The summed E-state index contributed by atoms with van der Waals surface area (Å²) in [4.78, 5) is 14.2. The van der Waals surface area contributed by atoms with Crippen LogP contribution >= 0.6 is 11.3 Å². The number of aromatic nitrogens is 4. The van der Waals surface area contributed by atoms with Crippen LogP contribution in [-0.4, -0.2) is 26.1 Å². The molecule has 1 amide bonds. The maximum atomic E-state index is 12.9. The van der Waals surface area contributed by atoms with Crippen molar-refractivity contribution in [3.05, 3.63) is 52.7 Å². The molecule has 1 aromatic carbocycles. The number of fused-ring (bicyclic) bond motifs is 1. The van der Waals surface area contributed by atoms with Gasteiger partial charge in [0.25, 0.3) is 5.91 Å². The maximum absolute atomic E-state index is 12.9. The Kier molecular flexibility index (Phi) is 3.63. The second kappa shape index (κ2) is 5.92. The average Bonchev–Trinajstić information content (AvgIpc) is 3.23. The second-order valence-corrected chi connectivity index (χ2v) is 6.55. The lowest BCUT2D eigenvalue weighted by atomic mass is 9.95. The summed E-state index contributed by atoms with van der Waals surface area (Å²) in [5, 5.41) is 15.1. The van der Waals surface area contributed by atoms with E-state index in [1.807, 2.05) is 30.3 Å². The van der Waals surface area contributed by atoms with Crippen LogP contribution in [0.4, 0.5) is 5.69 Å². The van der Waals surface area contributed by atoms with E-state index in [-0.39, 0.29) is 5.91 Å². The Morgan fingerprint density at radius 2 is 2.00 bits per heavy atom. The van der Waals surface area contributed by atoms with Gasteiger partial charge in [-0.1, -0.05) is 18.2 Å². The van der Waals surface area contributed by atoms with E-state index in [1.54, 1.807) is 16.0 Å². The van der Waals surface area contributed by atoms with E-state index < -0.39 is 0 Å². The number of hydrogen-bond acceptors (Lipinski definition) is 5. The number of rotatable bonds is 3. The molecule has 0 aliphatic heterocycles. The van der Waals surface area contributed by atoms with Crippen LogP contribution in [0.3, 0.4) is 0 Å². The number of nitrogens with one attached hydrogen (secondary N) is 1. The van der Waals surface area contributed by atoms with Crippen molar-refractivity contribution < 1.29 is 4.79 Å². The summed E-state index contributed by atoms with van der Waals surface area (Å²) in [6.45, 7) is 0. The zero-order chi connectivity index (χ0) is 15.6. The molecule has 1 N–H and O–H groups in total. The molecule has 0 unspecified atom stereocenters. The topological polar surface area (TPSA) is 72.7 Å². The van der Waals surface area contributed by atoms with Gasteiger partial charge in [-0.05, 0) is 53.8 Å². The van der Waals surface area contributed by atoms with Gasteiger partial charge in [-0.25, -0.2) is 0 Å². The standard InChI is InChI=1S/C16H15N5OS/c22-15(18-11-6-2-1-3-7-11)14-12-8-4-5-9-13(12)23-16(14)21-10-17-19-20-21/h1-3,6-7,10H,4-5,8-9H2,(H,18,22). The molecule has 2 aromatic heterocycles. The number of aryl methyl sites for hydroxylation is 1. The fourth-order valence-corrected chi connectivity index (χ4v) is 4.22. The van der Waals surface area contributed by atoms with E-state index in [0.717, 1.165) is 35.5 Å². The van der Waals surface area contributed by atoms with Gasteiger partial charge in [-0.3, -0.25) is 4.79 Å². The van der Waals surface area contributed by atoms with Gasteiger partial charge >= 0.3 is 0 Å². The van der Waals surface area contributed by atoms with Crippen molar-refractivity contribution in [3.63, 3.8) is 0 Å². The van der Waals surface area contributed by atoms with E-state index in [4.69, 9.17) is 0 Å². The Morgan fingerprint density at radius 1 is 1.17 bits per heavy atom. The lowest BCUT2D eigenvalue weighted by molar-refractivity contribution is 0.102. The third-order valence-corrected chi connectivity index (χ3v) is 5.25. The summed E-state index contributed by atoms with van der Waals surface area (Å²) in [7, 11) is 0. The third-order valence-electron chi connectivity index (χ3n) is 3.97. The van der Waals surface area contributed by atoms with Crippen LogP contribution in [0.2, 0.25) is 0 Å². The van der Waals surface area contributed by atoms with Crippen LogP contribution in [-0.2, 0) is 12.8 Å². The molecule has 116 valence electrons. The summed E-state index contributed by atoms with van der Waals surface area (Å²) in [6.07, 6.45) is 5.78. The molecule has 4 rings (SSSR count). The number of carbonyl (C=O) groups excluding carboxylic acids is 1. The normalized spacial score (nSPS) is 13.6. The van der Waals surface area contributed by atoms with E-state index >= 15 is 0 Å². The summed E-state index contributed by atoms with van der Waals surface area (Å²) >= 11 is 1.62. The number of anilines is 1. The number of hydrogen-bond donors (Lipinski definition) is 1. The van der Waals surface area contributed by atoms with E-state index in [0.29, 0.717) is 5.56 Å². The summed E-state index contributed by atoms with van der Waals surface area (Å²) in [5.41, 5.74) is 2.65. The molecule has 23 heavy (non-hydrogen) atoms. The Labute approximate surface area is 137 Å². The van der Waals surface area contributed by atoms with Crippen molar-refractivity contribution in [1.29, 1.82) is 0 Å². The summed E-state index contributed by atoms with van der Waals surface area (Å²) in [6, 6.07) is 9.50. The molecule has 1 aliphatic rings. The Bertz CT molecular complexity index is 826. The number of benzene rings is 1. The van der Waals surface area contributed by atoms with Crippen molar-refractivity contribution in [1.82, 2.24) is 20.2 Å². The molecule has 0 saturated carbocycles. The molecule has 0 fully saturated rings. The predicted molar refractivity (Wildman–Crippen MR) is 88.1 cm³/mol. The minimum absolute atomic E-state index is 0.0962. The summed E-state index contributed by atoms with van der Waals surface area (Å²) < 4.78 is 1.59. The van der Waals surface area contributed by atoms with E-state index in [2.05, 4.69) is 20.8 Å². The first-order valence-corrected chi connectivity index (χ1v) is 8.39. The van der Waals surface area contributed by atoms with Gasteiger partial charge < -0.3 is 5.32 Å². The first-order valence-electron chi connectivity index (χ1n) is 7.57. The highest BCUT2D eigenvalue weighted by molar-refractivity contribution is 7.15. The van der Waals surface area contributed by atoms with E-state index in [9.17, 15) is 4.79 Å². The number of carbonyl (C=O) groups is 1. The Morgan fingerprint density at radius 3 is 2.78 bits per heavy atom. The summed E-state index contributed by atoms with van der Waals surface area (Å²) in [5.74, 6) is -0.0962. The van der Waals surface area contributed by atoms with Crippen molar-refractivity contribution in [3.8, 4) is 5.00 Å². The van der Waals surface area contributed by atoms with Crippen LogP contribution in [0.5, 0.6) is 0 Å². The van der Waals surface area contributed by atoms with Gasteiger partial charge in [-0.15, -0.1) is 16.4 Å². The average molecular weight is 325 g/mol. The van der Waals surface area contributed by atoms with Gasteiger partial charge in [0.1, 0.15) is 11.3 Å². The molecule has 0 atom stereocenters. The van der Waals surface area contributed by atoms with Gasteiger partial charge in [0.05, 0.1) is 5.56 Å². The van der Waals surface area contributed by atoms with Crippen LogP contribution in [0.1, 0.15) is 33.6 Å². The zero-order valence-electron chi connectivity index (χ0n) is 12.4. The number of thiophene rings is 1. The second-order valence-electron chi connectivity index (χ2n) is 5.47. The molecule has 0 radical (unpaired) electrons. The van der Waals surface area contributed by atoms with Crippen molar-refractivity contribution in [2.75, 3.05) is 5.32 Å². The minimum atomic E-state index is -0.0962. The van der Waals surface area contributed by atoms with Crippen molar-refractivity contribution in [2.24, 2.45) is 0 Å². The highest BCUT2D eigenvalue weighted by Gasteiger charge is 2.26. The molecular weight excluding hydrogens is 310 g/mol. The molecule has 1 aliphatic carbocycles. The largest absolute Gasteiger partial charge is 0.322 e. The van der Waals surface area contributed by atoms with Gasteiger partial charge in [0.2, 0.25) is 0 Å². The SMILES string of the molecule is O=C(Nc1ccccc1)c1c(-n2cnnn2)sc2c1CCCC2. The fourth-order valence-electron chi connectivity index (χ4n) is 2.92. The van der Waals surface area contributed by atoms with Crippen LogP contribution in [0.25, 0.3) is 5.00 Å². The molecular formula is C16H15N5OS. The van der Waals surface area contributed by atoms with Crippen LogP contribution in [0.15, 0.2) is 36.7 Å². The fraction of sp³-hybridized carbons (Fsp3) is 0.250. The maximum Gasteiger partial charge on any atom is 0.259 e. The molecule has 6 nitrogen and oxygen atoms in total. The molecule has 2 heterocycles. The Hall–Kier alpha value is -2.54. The number of para-hydroxylation sites is 1. The predicted octanol–water partition coefficient (Wildman–Crippen LogP) is 2.85. The first kappa shape index (κ1) is 14.1. The number of tetrazole rings is 1. The van der Waals surface area contributed by atoms with Crippen molar-refractivity contribution >= 4 is 22.9 Å². The molecule has 3 aromatic rings. The zero-order valence-corrected chi connectivity index (χ0v) is 13.2. The molecule has 0 saturated heterocycles. The Balaban J connectivity index is 1.77. The highest BCUT2D eigenvalue weighted by atomic mass is 32.1. The van der Waals surface area contributed by atoms with Crippen molar-refractivity contribution in [2.45, 2.75) is 25.7 Å². The first-order chi connectivity index (χ1) is 11.3. The van der Waals surface area contributed by atoms with Crippen LogP contribution in [0, 0.1) is 0 Å². The number of nitrogens with zero attached hydrogens (tertiary/aromatic N) is 4. The quantitative estimate of drug-likeness (QED) is 0.803. The number of amides is 1. The van der Waals surface area contributed by atoms with Gasteiger partial charge in [0.15, 0.2) is 0 Å². The molecule has 0 spiro atoms. The highest BCUT2D eigenvalue weighted by Crippen LogP contribution is 2.36. The van der Waals surface area contributed by atoms with Crippen LogP contribution < -0.4 is 5.32 Å². The van der Waals surface area contributed by atoms with E-state index in [1.165, 1.54) is 17.6 Å². The van der Waals surface area contributed by atoms with Gasteiger partial charge in [0, 0.05) is 10.6 Å².